The van der Waals surface area contributed by atoms with E-state index in [1.165, 1.54) is 0 Å². The number of urea groups is 1. The van der Waals surface area contributed by atoms with Crippen LogP contribution in [-0.2, 0) is 6.54 Å². The molecule has 110 valence electrons. The summed E-state index contributed by atoms with van der Waals surface area (Å²) in [5.74, 6) is -0.251. The van der Waals surface area contributed by atoms with Gasteiger partial charge in [-0.1, -0.05) is 12.1 Å². The van der Waals surface area contributed by atoms with Gasteiger partial charge in [-0.3, -0.25) is 4.79 Å². The molecule has 3 amide bonds. The molecule has 22 heavy (non-hydrogen) atoms. The van der Waals surface area contributed by atoms with E-state index in [0.29, 0.717) is 23.4 Å². The fourth-order valence-electron chi connectivity index (χ4n) is 1.79. The highest BCUT2D eigenvalue weighted by molar-refractivity contribution is 6.04. The number of hydrogen-bond acceptors (Lipinski definition) is 3. The Morgan fingerprint density at radius 3 is 2.23 bits per heavy atom. The van der Waals surface area contributed by atoms with E-state index >= 15 is 0 Å². The van der Waals surface area contributed by atoms with E-state index in [1.807, 2.05) is 6.07 Å². The second kappa shape index (κ2) is 6.90. The van der Waals surface area contributed by atoms with Crippen LogP contribution in [0, 0.1) is 11.3 Å². The van der Waals surface area contributed by atoms with Crippen LogP contribution < -0.4 is 16.4 Å². The van der Waals surface area contributed by atoms with Crippen LogP contribution in [0.4, 0.5) is 10.5 Å². The SMILES string of the molecule is N#Cc1ccc(NC(=O)c2ccc(CNC(N)=O)cc2)cc1. The molecule has 2 aromatic rings. The standard InChI is InChI=1S/C16H14N4O2/c17-9-11-3-7-14(8-4-11)20-15(21)13-5-1-12(2-6-13)10-19-16(18)22/h1-8H,10H2,(H,20,21)(H3,18,19,22). The molecule has 0 radical (unpaired) electrons. The van der Waals surface area contributed by atoms with Gasteiger partial charge in [0.15, 0.2) is 0 Å². The van der Waals surface area contributed by atoms with Gasteiger partial charge in [0, 0.05) is 17.8 Å². The van der Waals surface area contributed by atoms with Gasteiger partial charge in [0.25, 0.3) is 5.91 Å². The average molecular weight is 294 g/mol. The third kappa shape index (κ3) is 4.08. The van der Waals surface area contributed by atoms with E-state index in [9.17, 15) is 9.59 Å². The predicted molar refractivity (Wildman–Crippen MR) is 82.0 cm³/mol. The van der Waals surface area contributed by atoms with Gasteiger partial charge < -0.3 is 16.4 Å². The second-order valence-electron chi connectivity index (χ2n) is 4.56. The van der Waals surface area contributed by atoms with E-state index in [-0.39, 0.29) is 5.91 Å². The van der Waals surface area contributed by atoms with Crippen LogP contribution in [0.2, 0.25) is 0 Å². The van der Waals surface area contributed by atoms with Crippen molar-refractivity contribution in [3.05, 3.63) is 65.2 Å². The van der Waals surface area contributed by atoms with Crippen LogP contribution in [0.25, 0.3) is 0 Å². The summed E-state index contributed by atoms with van der Waals surface area (Å²) in [4.78, 5) is 22.7. The van der Waals surface area contributed by atoms with Gasteiger partial charge >= 0.3 is 6.03 Å². The van der Waals surface area contributed by atoms with Crippen molar-refractivity contribution in [3.8, 4) is 6.07 Å². The number of amides is 3. The summed E-state index contributed by atoms with van der Waals surface area (Å²) in [5.41, 5.74) is 7.47. The summed E-state index contributed by atoms with van der Waals surface area (Å²) in [6.45, 7) is 0.312. The Balaban J connectivity index is 2.00. The maximum Gasteiger partial charge on any atom is 0.312 e. The number of nitrogens with one attached hydrogen (secondary N) is 2. The highest BCUT2D eigenvalue weighted by Crippen LogP contribution is 2.11. The van der Waals surface area contributed by atoms with Crippen molar-refractivity contribution in [2.24, 2.45) is 5.73 Å². The Kier molecular flexibility index (Phi) is 4.73. The molecular weight excluding hydrogens is 280 g/mol. The van der Waals surface area contributed by atoms with Crippen molar-refractivity contribution < 1.29 is 9.59 Å². The molecule has 2 rings (SSSR count). The Bertz CT molecular complexity index is 715. The number of primary amides is 1. The first-order chi connectivity index (χ1) is 10.6. The molecule has 6 heteroatoms. The fraction of sp³-hybridized carbons (Fsp3) is 0.0625. The molecule has 0 atom stereocenters. The van der Waals surface area contributed by atoms with Gasteiger partial charge in [0.1, 0.15) is 0 Å². The lowest BCUT2D eigenvalue weighted by Crippen LogP contribution is -2.28. The first-order valence-corrected chi connectivity index (χ1v) is 6.52. The summed E-state index contributed by atoms with van der Waals surface area (Å²) in [7, 11) is 0. The topological polar surface area (TPSA) is 108 Å². The van der Waals surface area contributed by atoms with Gasteiger partial charge in [0.05, 0.1) is 11.6 Å². The largest absolute Gasteiger partial charge is 0.352 e. The lowest BCUT2D eigenvalue weighted by atomic mass is 10.1. The number of nitrogens with two attached hydrogens (primary N) is 1. The molecule has 0 spiro atoms. The minimum Gasteiger partial charge on any atom is -0.352 e. The molecular formula is C16H14N4O2. The quantitative estimate of drug-likeness (QED) is 0.802. The minimum atomic E-state index is -0.595. The Hall–Kier alpha value is -3.33. The van der Waals surface area contributed by atoms with E-state index in [4.69, 9.17) is 11.0 Å². The molecule has 0 saturated carbocycles. The average Bonchev–Trinajstić information content (AvgIpc) is 2.54. The molecule has 0 aromatic heterocycles. The summed E-state index contributed by atoms with van der Waals surface area (Å²) in [6, 6.07) is 14.8. The van der Waals surface area contributed by atoms with E-state index in [0.717, 1.165) is 5.56 Å². The smallest absolute Gasteiger partial charge is 0.312 e. The van der Waals surface area contributed by atoms with Crippen molar-refractivity contribution in [2.45, 2.75) is 6.54 Å². The van der Waals surface area contributed by atoms with Crippen LogP contribution in [-0.4, -0.2) is 11.9 Å². The monoisotopic (exact) mass is 294 g/mol. The highest BCUT2D eigenvalue weighted by atomic mass is 16.2. The van der Waals surface area contributed by atoms with Crippen molar-refractivity contribution >= 4 is 17.6 Å². The Labute approximate surface area is 127 Å². The lowest BCUT2D eigenvalue weighted by Gasteiger charge is -2.07. The summed E-state index contributed by atoms with van der Waals surface area (Å²) in [5, 5.41) is 13.9. The number of anilines is 1. The summed E-state index contributed by atoms with van der Waals surface area (Å²) in [6.07, 6.45) is 0. The van der Waals surface area contributed by atoms with Gasteiger partial charge in [-0.2, -0.15) is 5.26 Å². The van der Waals surface area contributed by atoms with Gasteiger partial charge in [0.2, 0.25) is 0 Å². The van der Waals surface area contributed by atoms with E-state index in [2.05, 4.69) is 10.6 Å². The van der Waals surface area contributed by atoms with Gasteiger partial charge in [-0.05, 0) is 42.0 Å². The van der Waals surface area contributed by atoms with E-state index < -0.39 is 6.03 Å². The van der Waals surface area contributed by atoms with E-state index in [1.54, 1.807) is 48.5 Å². The second-order valence-corrected chi connectivity index (χ2v) is 4.56. The molecule has 0 bridgehead atoms. The van der Waals surface area contributed by atoms with Crippen LogP contribution in [0.1, 0.15) is 21.5 Å². The minimum absolute atomic E-state index is 0.251. The van der Waals surface area contributed by atoms with Crippen molar-refractivity contribution in [1.82, 2.24) is 5.32 Å². The molecule has 2 aromatic carbocycles. The lowest BCUT2D eigenvalue weighted by molar-refractivity contribution is 0.102. The maximum absolute atomic E-state index is 12.1. The van der Waals surface area contributed by atoms with Crippen LogP contribution in [0.3, 0.4) is 0 Å². The number of nitriles is 1. The number of nitrogens with zero attached hydrogens (tertiary/aromatic N) is 1. The highest BCUT2D eigenvalue weighted by Gasteiger charge is 2.06. The Morgan fingerprint density at radius 1 is 1.05 bits per heavy atom. The van der Waals surface area contributed by atoms with Crippen molar-refractivity contribution in [3.63, 3.8) is 0 Å². The third-order valence-electron chi connectivity index (χ3n) is 2.95. The number of hydrogen-bond donors (Lipinski definition) is 3. The fourth-order valence-corrected chi connectivity index (χ4v) is 1.79. The number of carbonyl (C=O) groups is 2. The predicted octanol–water partition coefficient (Wildman–Crippen LogP) is 1.98. The normalized spacial score (nSPS) is 9.59. The molecule has 0 unspecified atom stereocenters. The van der Waals surface area contributed by atoms with Gasteiger partial charge in [-0.15, -0.1) is 0 Å². The van der Waals surface area contributed by atoms with Gasteiger partial charge in [-0.25, -0.2) is 4.79 Å². The zero-order chi connectivity index (χ0) is 15.9. The number of rotatable bonds is 4. The van der Waals surface area contributed by atoms with Crippen molar-refractivity contribution in [1.29, 1.82) is 5.26 Å². The first kappa shape index (κ1) is 15.1. The zero-order valence-corrected chi connectivity index (χ0v) is 11.7. The molecule has 4 N–H and O–H groups in total. The summed E-state index contributed by atoms with van der Waals surface area (Å²) >= 11 is 0. The molecule has 0 fully saturated rings. The molecule has 0 heterocycles. The number of carbonyl (C=O) groups excluding carboxylic acids is 2. The molecule has 0 aliphatic carbocycles. The zero-order valence-electron chi connectivity index (χ0n) is 11.7. The maximum atomic E-state index is 12.1. The number of benzene rings is 2. The van der Waals surface area contributed by atoms with Crippen molar-refractivity contribution in [2.75, 3.05) is 5.32 Å². The van der Waals surface area contributed by atoms with Crippen LogP contribution >= 0.6 is 0 Å². The molecule has 6 nitrogen and oxygen atoms in total. The third-order valence-corrected chi connectivity index (χ3v) is 2.95. The van der Waals surface area contributed by atoms with Crippen LogP contribution in [0.5, 0.6) is 0 Å². The Morgan fingerprint density at radius 2 is 1.68 bits per heavy atom. The molecule has 0 aliphatic rings. The molecule has 0 saturated heterocycles. The summed E-state index contributed by atoms with van der Waals surface area (Å²) < 4.78 is 0. The van der Waals surface area contributed by atoms with Crippen LogP contribution in [0.15, 0.2) is 48.5 Å². The molecule has 0 aliphatic heterocycles. The first-order valence-electron chi connectivity index (χ1n) is 6.52.